The maximum atomic E-state index is 5.76. The summed E-state index contributed by atoms with van der Waals surface area (Å²) in [5, 5.41) is 8.04. The van der Waals surface area contributed by atoms with Crippen molar-refractivity contribution >= 4 is 34.0 Å². The highest BCUT2D eigenvalue weighted by Gasteiger charge is 2.03. The minimum atomic E-state index is 0.609. The molecule has 3 nitrogen and oxygen atoms in total. The monoisotopic (exact) mass is 295 g/mol. The van der Waals surface area contributed by atoms with Gasteiger partial charge in [-0.3, -0.25) is 0 Å². The van der Waals surface area contributed by atoms with Crippen LogP contribution in [0.25, 0.3) is 11.0 Å². The Kier molecular flexibility index (Phi) is 4.17. The third-order valence-electron chi connectivity index (χ3n) is 3.11. The van der Waals surface area contributed by atoms with Gasteiger partial charge in [-0.05, 0) is 42.5 Å². The molecule has 0 atom stereocenters. The van der Waals surface area contributed by atoms with E-state index < -0.39 is 0 Å². The number of anilines is 1. The molecule has 2 N–H and O–H groups in total. The molecule has 2 aromatic carbocycles. The van der Waals surface area contributed by atoms with E-state index in [1.165, 1.54) is 0 Å². The quantitative estimate of drug-likeness (QED) is 0.719. The molecular weight excluding hydrogens is 280 g/mol. The first kappa shape index (κ1) is 13.6. The maximum absolute atomic E-state index is 5.76. The van der Waals surface area contributed by atoms with Crippen molar-refractivity contribution in [2.24, 2.45) is 0 Å². The van der Waals surface area contributed by atoms with Gasteiger partial charge in [-0.2, -0.15) is 0 Å². The summed E-state index contributed by atoms with van der Waals surface area (Å²) >= 11 is 5.25. The molecule has 0 fully saturated rings. The minimum absolute atomic E-state index is 0.609. The molecule has 0 aliphatic rings. The Balaban J connectivity index is 1.50. The first-order chi connectivity index (χ1) is 10.3. The van der Waals surface area contributed by atoms with Crippen LogP contribution in [0.2, 0.25) is 0 Å². The molecule has 0 bridgehead atoms. The standard InChI is InChI=1S/C17H15N2OS/c21-17(19-14-7-2-1-3-8-14)18-11-10-15-12-13-6-4-5-9-16(13)20-15/h2-9,12H,10-11H2,(H2,18,19,21). The zero-order valence-electron chi connectivity index (χ0n) is 11.4. The zero-order valence-corrected chi connectivity index (χ0v) is 12.2. The van der Waals surface area contributed by atoms with Crippen LogP contribution in [0.5, 0.6) is 0 Å². The SMILES string of the molecule is S=C(NCCc1cc2ccccc2o1)Nc1cc[c]cc1. The molecule has 1 heterocycles. The fourth-order valence-electron chi connectivity index (χ4n) is 2.10. The second-order valence-corrected chi connectivity index (χ2v) is 5.08. The number of fused-ring (bicyclic) bond motifs is 1. The summed E-state index contributed by atoms with van der Waals surface area (Å²) in [6.45, 7) is 0.727. The van der Waals surface area contributed by atoms with Crippen LogP contribution in [-0.4, -0.2) is 11.7 Å². The van der Waals surface area contributed by atoms with Gasteiger partial charge in [-0.25, -0.2) is 0 Å². The molecule has 1 radical (unpaired) electrons. The molecule has 1 aromatic heterocycles. The topological polar surface area (TPSA) is 37.2 Å². The minimum Gasteiger partial charge on any atom is -0.461 e. The van der Waals surface area contributed by atoms with E-state index in [2.05, 4.69) is 22.8 Å². The van der Waals surface area contributed by atoms with Crippen molar-refractivity contribution in [1.82, 2.24) is 5.32 Å². The van der Waals surface area contributed by atoms with Crippen LogP contribution in [0.15, 0.2) is 59.0 Å². The highest BCUT2D eigenvalue weighted by atomic mass is 32.1. The predicted octanol–water partition coefficient (Wildman–Crippen LogP) is 3.76. The average Bonchev–Trinajstić information content (AvgIpc) is 2.91. The Morgan fingerprint density at radius 2 is 1.95 bits per heavy atom. The zero-order chi connectivity index (χ0) is 14.5. The number of para-hydroxylation sites is 1. The Morgan fingerprint density at radius 3 is 2.76 bits per heavy atom. The summed E-state index contributed by atoms with van der Waals surface area (Å²) in [7, 11) is 0. The van der Waals surface area contributed by atoms with Gasteiger partial charge in [0.05, 0.1) is 0 Å². The van der Waals surface area contributed by atoms with E-state index >= 15 is 0 Å². The molecule has 0 amide bonds. The van der Waals surface area contributed by atoms with Crippen molar-refractivity contribution in [2.75, 3.05) is 11.9 Å². The normalized spacial score (nSPS) is 10.5. The Morgan fingerprint density at radius 1 is 1.14 bits per heavy atom. The molecule has 0 aliphatic heterocycles. The fourth-order valence-corrected chi connectivity index (χ4v) is 2.32. The van der Waals surface area contributed by atoms with Crippen LogP contribution >= 0.6 is 12.2 Å². The lowest BCUT2D eigenvalue weighted by Gasteiger charge is -2.09. The van der Waals surface area contributed by atoms with Crippen molar-refractivity contribution in [3.63, 3.8) is 0 Å². The van der Waals surface area contributed by atoms with Crippen LogP contribution < -0.4 is 10.6 Å². The molecule has 105 valence electrons. The highest BCUT2D eigenvalue weighted by molar-refractivity contribution is 7.80. The van der Waals surface area contributed by atoms with Gasteiger partial charge in [-0.1, -0.05) is 30.3 Å². The van der Waals surface area contributed by atoms with Crippen molar-refractivity contribution < 1.29 is 4.42 Å². The molecular formula is C17H15N2OS. The molecule has 4 heteroatoms. The number of thiocarbonyl (C=S) groups is 1. The van der Waals surface area contributed by atoms with E-state index in [0.29, 0.717) is 5.11 Å². The number of rotatable bonds is 4. The third-order valence-corrected chi connectivity index (χ3v) is 3.36. The summed E-state index contributed by atoms with van der Waals surface area (Å²) in [4.78, 5) is 0. The van der Waals surface area contributed by atoms with Crippen LogP contribution in [0.3, 0.4) is 0 Å². The van der Waals surface area contributed by atoms with Crippen LogP contribution in [0.1, 0.15) is 5.76 Å². The maximum Gasteiger partial charge on any atom is 0.170 e. The van der Waals surface area contributed by atoms with Gasteiger partial charge in [0.2, 0.25) is 0 Å². The summed E-state index contributed by atoms with van der Waals surface area (Å²) in [5.74, 6) is 0.959. The van der Waals surface area contributed by atoms with Gasteiger partial charge < -0.3 is 15.1 Å². The van der Waals surface area contributed by atoms with Gasteiger partial charge in [0.25, 0.3) is 0 Å². The second-order valence-electron chi connectivity index (χ2n) is 4.67. The largest absolute Gasteiger partial charge is 0.461 e. The summed E-state index contributed by atoms with van der Waals surface area (Å²) in [6, 6.07) is 20.6. The van der Waals surface area contributed by atoms with Crippen LogP contribution in [0, 0.1) is 6.07 Å². The first-order valence-electron chi connectivity index (χ1n) is 6.80. The van der Waals surface area contributed by atoms with E-state index in [1.54, 1.807) is 0 Å². The van der Waals surface area contributed by atoms with Gasteiger partial charge in [0.1, 0.15) is 11.3 Å². The summed E-state index contributed by atoms with van der Waals surface area (Å²) in [6.07, 6.45) is 0.791. The molecule has 0 saturated heterocycles. The van der Waals surface area contributed by atoms with Crippen LogP contribution in [-0.2, 0) is 6.42 Å². The van der Waals surface area contributed by atoms with E-state index in [4.69, 9.17) is 16.6 Å². The molecule has 3 aromatic rings. The number of hydrogen-bond acceptors (Lipinski definition) is 2. The number of hydrogen-bond donors (Lipinski definition) is 2. The molecule has 21 heavy (non-hydrogen) atoms. The van der Waals surface area contributed by atoms with E-state index in [9.17, 15) is 0 Å². The molecule has 0 unspecified atom stereocenters. The van der Waals surface area contributed by atoms with Gasteiger partial charge in [0, 0.05) is 24.0 Å². The summed E-state index contributed by atoms with van der Waals surface area (Å²) in [5.41, 5.74) is 1.88. The third kappa shape index (κ3) is 3.61. The lowest BCUT2D eigenvalue weighted by Crippen LogP contribution is -2.30. The number of furan rings is 1. The van der Waals surface area contributed by atoms with Crippen molar-refractivity contribution in [1.29, 1.82) is 0 Å². The molecule has 3 rings (SSSR count). The van der Waals surface area contributed by atoms with Crippen molar-refractivity contribution in [2.45, 2.75) is 6.42 Å². The molecule has 0 saturated carbocycles. The first-order valence-corrected chi connectivity index (χ1v) is 7.20. The lowest BCUT2D eigenvalue weighted by atomic mass is 10.2. The Labute approximate surface area is 129 Å². The van der Waals surface area contributed by atoms with E-state index in [-0.39, 0.29) is 0 Å². The molecule has 0 aliphatic carbocycles. The number of nitrogens with one attached hydrogen (secondary N) is 2. The lowest BCUT2D eigenvalue weighted by molar-refractivity contribution is 0.546. The highest BCUT2D eigenvalue weighted by Crippen LogP contribution is 2.18. The smallest absolute Gasteiger partial charge is 0.170 e. The average molecular weight is 295 g/mol. The van der Waals surface area contributed by atoms with Crippen LogP contribution in [0.4, 0.5) is 5.69 Å². The van der Waals surface area contributed by atoms with E-state index in [0.717, 1.165) is 35.4 Å². The van der Waals surface area contributed by atoms with Gasteiger partial charge in [0.15, 0.2) is 5.11 Å². The summed E-state index contributed by atoms with van der Waals surface area (Å²) < 4.78 is 5.76. The van der Waals surface area contributed by atoms with E-state index in [1.807, 2.05) is 48.5 Å². The fraction of sp³-hybridized carbons (Fsp3) is 0.118. The Hall–Kier alpha value is -2.33. The van der Waals surface area contributed by atoms with Crippen molar-refractivity contribution in [3.05, 3.63) is 66.4 Å². The number of benzene rings is 2. The second kappa shape index (κ2) is 6.41. The van der Waals surface area contributed by atoms with Crippen molar-refractivity contribution in [3.8, 4) is 0 Å². The predicted molar refractivity (Wildman–Crippen MR) is 89.4 cm³/mol. The Bertz CT molecular complexity index is 704. The molecule has 0 spiro atoms. The van der Waals surface area contributed by atoms with Gasteiger partial charge >= 0.3 is 0 Å². The van der Waals surface area contributed by atoms with Gasteiger partial charge in [-0.15, -0.1) is 0 Å².